The number of aliphatic hydroxyl groups is 1. The Balaban J connectivity index is 2.45. The van der Waals surface area contributed by atoms with Crippen molar-refractivity contribution in [2.45, 2.75) is 38.7 Å². The van der Waals surface area contributed by atoms with E-state index in [2.05, 4.69) is 13.5 Å². The third-order valence-electron chi connectivity index (χ3n) is 2.35. The van der Waals surface area contributed by atoms with Gasteiger partial charge < -0.3 is 5.11 Å². The normalized spacial score (nSPS) is 29.7. The van der Waals surface area contributed by atoms with Crippen LogP contribution in [0, 0.1) is 5.92 Å². The quantitative estimate of drug-likeness (QED) is 0.639. The fraction of sp³-hybridized carbons (Fsp3) is 0.636. The van der Waals surface area contributed by atoms with Crippen LogP contribution >= 0.6 is 0 Å². The van der Waals surface area contributed by atoms with E-state index in [1.807, 2.05) is 12.2 Å². The van der Waals surface area contributed by atoms with E-state index < -0.39 is 0 Å². The lowest BCUT2D eigenvalue weighted by atomic mass is 9.87. The van der Waals surface area contributed by atoms with Crippen molar-refractivity contribution >= 4 is 0 Å². The number of hydrogen-bond donors (Lipinski definition) is 1. The van der Waals surface area contributed by atoms with Crippen molar-refractivity contribution in [3.63, 3.8) is 0 Å². The second-order valence-corrected chi connectivity index (χ2v) is 3.76. The minimum absolute atomic E-state index is 0.200. The summed E-state index contributed by atoms with van der Waals surface area (Å²) in [5.74, 6) is 0.643. The summed E-state index contributed by atoms with van der Waals surface area (Å²) in [6, 6.07) is 0. The Morgan fingerprint density at radius 3 is 3.08 bits per heavy atom. The van der Waals surface area contributed by atoms with E-state index >= 15 is 0 Å². The van der Waals surface area contributed by atoms with Crippen molar-refractivity contribution in [3.05, 3.63) is 24.3 Å². The van der Waals surface area contributed by atoms with Crippen LogP contribution in [0.2, 0.25) is 0 Å². The molecule has 2 atom stereocenters. The first-order valence-electron chi connectivity index (χ1n) is 4.71. The molecule has 0 fully saturated rings. The minimum Gasteiger partial charge on any atom is -0.389 e. The molecule has 0 saturated carbocycles. The van der Waals surface area contributed by atoms with Crippen LogP contribution in [0.25, 0.3) is 0 Å². The van der Waals surface area contributed by atoms with E-state index in [4.69, 9.17) is 0 Å². The molecule has 0 aromatic heterocycles. The predicted octanol–water partition coefficient (Wildman–Crippen LogP) is 2.67. The summed E-state index contributed by atoms with van der Waals surface area (Å²) in [5.41, 5.74) is 1.40. The van der Waals surface area contributed by atoms with Crippen LogP contribution in [0.5, 0.6) is 0 Å². The molecule has 0 aliphatic heterocycles. The van der Waals surface area contributed by atoms with E-state index in [-0.39, 0.29) is 6.10 Å². The molecular weight excluding hydrogens is 148 g/mol. The Bertz CT molecular complexity index is 181. The summed E-state index contributed by atoms with van der Waals surface area (Å²) in [4.78, 5) is 0. The molecule has 1 heteroatoms. The first kappa shape index (κ1) is 9.53. The molecule has 0 spiro atoms. The Labute approximate surface area is 74.8 Å². The molecule has 1 aliphatic rings. The second kappa shape index (κ2) is 4.46. The third-order valence-corrected chi connectivity index (χ3v) is 2.35. The summed E-state index contributed by atoms with van der Waals surface area (Å²) >= 11 is 0. The van der Waals surface area contributed by atoms with Crippen LogP contribution in [-0.4, -0.2) is 11.2 Å². The highest BCUT2D eigenvalue weighted by Gasteiger charge is 2.16. The number of allylic oxidation sites excluding steroid dienone is 2. The molecular formula is C11H18O. The summed E-state index contributed by atoms with van der Waals surface area (Å²) in [5, 5.41) is 9.45. The Hall–Kier alpha value is -0.560. The van der Waals surface area contributed by atoms with Gasteiger partial charge in [-0.3, -0.25) is 0 Å². The van der Waals surface area contributed by atoms with Crippen LogP contribution in [0.15, 0.2) is 24.3 Å². The monoisotopic (exact) mass is 166 g/mol. The van der Waals surface area contributed by atoms with Gasteiger partial charge in [-0.05, 0) is 31.6 Å². The molecule has 0 bridgehead atoms. The highest BCUT2D eigenvalue weighted by Crippen LogP contribution is 2.26. The van der Waals surface area contributed by atoms with E-state index in [1.165, 1.54) is 5.57 Å². The van der Waals surface area contributed by atoms with Crippen molar-refractivity contribution in [2.24, 2.45) is 5.92 Å². The van der Waals surface area contributed by atoms with Gasteiger partial charge in [-0.1, -0.05) is 24.6 Å². The molecule has 0 amide bonds. The lowest BCUT2D eigenvalue weighted by Crippen LogP contribution is -2.15. The first-order chi connectivity index (χ1) is 5.72. The van der Waals surface area contributed by atoms with Crippen molar-refractivity contribution < 1.29 is 5.11 Å². The van der Waals surface area contributed by atoms with Gasteiger partial charge in [-0.2, -0.15) is 0 Å². The topological polar surface area (TPSA) is 20.2 Å². The molecule has 1 N–H and O–H groups in total. The summed E-state index contributed by atoms with van der Waals surface area (Å²) in [6.07, 6.45) is 7.95. The molecule has 2 unspecified atom stereocenters. The lowest BCUT2D eigenvalue weighted by Gasteiger charge is -2.22. The number of rotatable bonds is 3. The molecule has 1 rings (SSSR count). The zero-order valence-corrected chi connectivity index (χ0v) is 7.79. The van der Waals surface area contributed by atoms with Crippen molar-refractivity contribution in [2.75, 3.05) is 0 Å². The summed E-state index contributed by atoms with van der Waals surface area (Å²) in [6.45, 7) is 5.89. The maximum absolute atomic E-state index is 9.45. The minimum atomic E-state index is -0.200. The average molecular weight is 166 g/mol. The van der Waals surface area contributed by atoms with E-state index in [0.717, 1.165) is 25.7 Å². The van der Waals surface area contributed by atoms with E-state index in [9.17, 15) is 5.11 Å². The van der Waals surface area contributed by atoms with Gasteiger partial charge in [0.1, 0.15) is 0 Å². The van der Waals surface area contributed by atoms with Crippen LogP contribution < -0.4 is 0 Å². The maximum atomic E-state index is 9.45. The van der Waals surface area contributed by atoms with Gasteiger partial charge in [0.05, 0.1) is 6.10 Å². The van der Waals surface area contributed by atoms with E-state index in [0.29, 0.717) is 5.92 Å². The lowest BCUT2D eigenvalue weighted by molar-refractivity contribution is 0.179. The summed E-state index contributed by atoms with van der Waals surface area (Å²) in [7, 11) is 0. The van der Waals surface area contributed by atoms with Crippen LogP contribution in [0.1, 0.15) is 32.6 Å². The van der Waals surface area contributed by atoms with Gasteiger partial charge in [0, 0.05) is 0 Å². The van der Waals surface area contributed by atoms with Gasteiger partial charge >= 0.3 is 0 Å². The molecule has 1 nitrogen and oxygen atoms in total. The second-order valence-electron chi connectivity index (χ2n) is 3.76. The van der Waals surface area contributed by atoms with Gasteiger partial charge in [-0.15, -0.1) is 6.58 Å². The molecule has 12 heavy (non-hydrogen) atoms. The van der Waals surface area contributed by atoms with Crippen molar-refractivity contribution in [1.82, 2.24) is 0 Å². The zero-order chi connectivity index (χ0) is 8.97. The van der Waals surface area contributed by atoms with Gasteiger partial charge in [0.15, 0.2) is 0 Å². The Morgan fingerprint density at radius 2 is 2.50 bits per heavy atom. The van der Waals surface area contributed by atoms with Crippen LogP contribution in [0.3, 0.4) is 0 Å². The Morgan fingerprint density at radius 1 is 1.75 bits per heavy atom. The summed E-state index contributed by atoms with van der Waals surface area (Å²) < 4.78 is 0. The molecule has 0 aromatic carbocycles. The molecule has 0 aromatic rings. The van der Waals surface area contributed by atoms with E-state index in [1.54, 1.807) is 0 Å². The average Bonchev–Trinajstić information content (AvgIpc) is 1.99. The predicted molar refractivity (Wildman–Crippen MR) is 51.9 cm³/mol. The fourth-order valence-electron chi connectivity index (χ4n) is 1.82. The number of hydrogen-bond acceptors (Lipinski definition) is 1. The molecule has 0 heterocycles. The van der Waals surface area contributed by atoms with Crippen LogP contribution in [0.4, 0.5) is 0 Å². The van der Waals surface area contributed by atoms with Crippen molar-refractivity contribution in [3.8, 4) is 0 Å². The standard InChI is InChI=1S/C11H18O/c1-3-4-5-10-6-9(2)7-11(12)8-10/h3,8-9,11-12H,1,4-7H2,2H3. The van der Waals surface area contributed by atoms with Gasteiger partial charge in [0.25, 0.3) is 0 Å². The first-order valence-corrected chi connectivity index (χ1v) is 4.71. The highest BCUT2D eigenvalue weighted by atomic mass is 16.3. The zero-order valence-electron chi connectivity index (χ0n) is 7.79. The van der Waals surface area contributed by atoms with Gasteiger partial charge in [0.2, 0.25) is 0 Å². The molecule has 1 aliphatic carbocycles. The van der Waals surface area contributed by atoms with Crippen molar-refractivity contribution in [1.29, 1.82) is 0 Å². The van der Waals surface area contributed by atoms with Gasteiger partial charge in [-0.25, -0.2) is 0 Å². The fourth-order valence-corrected chi connectivity index (χ4v) is 1.82. The largest absolute Gasteiger partial charge is 0.389 e. The van der Waals surface area contributed by atoms with Crippen LogP contribution in [-0.2, 0) is 0 Å². The third kappa shape index (κ3) is 2.82. The molecule has 0 saturated heterocycles. The molecule has 68 valence electrons. The Kier molecular flexibility index (Phi) is 3.54. The smallest absolute Gasteiger partial charge is 0.0726 e. The SMILES string of the molecule is C=CCCC1=CC(O)CC(C)C1. The highest BCUT2D eigenvalue weighted by molar-refractivity contribution is 5.10. The number of aliphatic hydroxyl groups excluding tert-OH is 1. The molecule has 0 radical (unpaired) electrons. The maximum Gasteiger partial charge on any atom is 0.0726 e.